The molecule has 0 bridgehead atoms. The first-order valence-electron chi connectivity index (χ1n) is 8.56. The van der Waals surface area contributed by atoms with E-state index in [1.54, 1.807) is 30.8 Å². The number of hydrogen-bond acceptors (Lipinski definition) is 5. The maximum absolute atomic E-state index is 12.6. The molecule has 3 rings (SSSR count). The maximum atomic E-state index is 12.6. The van der Waals surface area contributed by atoms with E-state index in [0.717, 1.165) is 35.0 Å². The summed E-state index contributed by atoms with van der Waals surface area (Å²) in [6.07, 6.45) is 2.87. The van der Waals surface area contributed by atoms with Crippen LogP contribution < -0.4 is 9.64 Å². The molecule has 2 heterocycles. The van der Waals surface area contributed by atoms with Gasteiger partial charge in [-0.1, -0.05) is 18.7 Å². The number of rotatable bonds is 4. The van der Waals surface area contributed by atoms with E-state index in [9.17, 15) is 4.79 Å². The number of ether oxygens (including phenoxy) is 1. The summed E-state index contributed by atoms with van der Waals surface area (Å²) in [5.74, 6) is 0.798. The van der Waals surface area contributed by atoms with Crippen LogP contribution in [0.5, 0.6) is 5.75 Å². The minimum Gasteiger partial charge on any atom is -0.497 e. The van der Waals surface area contributed by atoms with Crippen molar-refractivity contribution in [3.8, 4) is 5.75 Å². The van der Waals surface area contributed by atoms with Crippen LogP contribution in [0.1, 0.15) is 20.3 Å². The number of allylic oxidation sites excluding steroid dienone is 2. The Bertz CT molecular complexity index is 832. The SMILES string of the molecule is CCC(/C=C1\Sc2ccc(OC)cc2N1CC)=C1/C(=O)N(C)C(=S)N1C. The van der Waals surface area contributed by atoms with Crippen molar-refractivity contribution in [1.29, 1.82) is 0 Å². The highest BCUT2D eigenvalue weighted by Crippen LogP contribution is 2.47. The summed E-state index contributed by atoms with van der Waals surface area (Å²) in [6, 6.07) is 6.11. The molecule has 1 aromatic rings. The fourth-order valence-corrected chi connectivity index (χ4v) is 4.54. The Kier molecular flexibility index (Phi) is 5.29. The number of anilines is 1. The standard InChI is InChI=1S/C19H23N3O2S2/c1-6-12(17-18(23)21(4)19(25)20(17)3)10-16-22(7-2)14-11-13(24-5)8-9-15(14)26-16/h8-11H,6-7H2,1-5H3/b16-10-,17-12+. The Morgan fingerprint density at radius 3 is 2.54 bits per heavy atom. The van der Waals surface area contributed by atoms with Gasteiger partial charge in [-0.2, -0.15) is 0 Å². The van der Waals surface area contributed by atoms with E-state index in [1.165, 1.54) is 9.80 Å². The van der Waals surface area contributed by atoms with Crippen LogP contribution in [0.15, 0.2) is 45.5 Å². The van der Waals surface area contributed by atoms with Gasteiger partial charge in [-0.05, 0) is 49.3 Å². The van der Waals surface area contributed by atoms with Gasteiger partial charge in [0, 0.05) is 31.6 Å². The molecule has 0 aromatic heterocycles. The van der Waals surface area contributed by atoms with Crippen LogP contribution in [0.4, 0.5) is 5.69 Å². The molecular weight excluding hydrogens is 366 g/mol. The van der Waals surface area contributed by atoms with E-state index in [4.69, 9.17) is 17.0 Å². The van der Waals surface area contributed by atoms with Crippen LogP contribution in [0.25, 0.3) is 0 Å². The number of nitrogens with zero attached hydrogens (tertiary/aromatic N) is 3. The lowest BCUT2D eigenvalue weighted by Crippen LogP contribution is -2.26. The van der Waals surface area contributed by atoms with Crippen LogP contribution >= 0.6 is 24.0 Å². The van der Waals surface area contributed by atoms with Gasteiger partial charge >= 0.3 is 0 Å². The molecule has 2 aliphatic rings. The van der Waals surface area contributed by atoms with Gasteiger partial charge in [0.2, 0.25) is 0 Å². The summed E-state index contributed by atoms with van der Waals surface area (Å²) in [7, 11) is 5.25. The van der Waals surface area contributed by atoms with Crippen molar-refractivity contribution in [2.24, 2.45) is 0 Å². The fourth-order valence-electron chi connectivity index (χ4n) is 3.19. The largest absolute Gasteiger partial charge is 0.497 e. The van der Waals surface area contributed by atoms with Crippen LogP contribution in [-0.2, 0) is 4.79 Å². The summed E-state index contributed by atoms with van der Waals surface area (Å²) in [6.45, 7) is 5.03. The summed E-state index contributed by atoms with van der Waals surface area (Å²) >= 11 is 7.06. The molecule has 2 aliphatic heterocycles. The molecule has 0 saturated carbocycles. The van der Waals surface area contributed by atoms with Crippen molar-refractivity contribution >= 4 is 40.7 Å². The first kappa shape index (κ1) is 18.8. The van der Waals surface area contributed by atoms with Gasteiger partial charge in [-0.25, -0.2) is 0 Å². The van der Waals surface area contributed by atoms with Crippen molar-refractivity contribution in [1.82, 2.24) is 9.80 Å². The number of likely N-dealkylation sites (N-methyl/N-ethyl adjacent to an activating group) is 2. The van der Waals surface area contributed by atoms with E-state index >= 15 is 0 Å². The first-order chi connectivity index (χ1) is 12.4. The molecule has 1 aromatic carbocycles. The van der Waals surface area contributed by atoms with E-state index in [1.807, 2.05) is 13.1 Å². The Hall–Kier alpha value is -1.99. The quantitative estimate of drug-likeness (QED) is 0.575. The molecule has 26 heavy (non-hydrogen) atoms. The number of hydrogen-bond donors (Lipinski definition) is 0. The third-order valence-corrected chi connectivity index (χ3v) is 6.31. The molecule has 1 saturated heterocycles. The van der Waals surface area contributed by atoms with E-state index in [2.05, 4.69) is 37.0 Å². The lowest BCUT2D eigenvalue weighted by atomic mass is 10.1. The molecule has 5 nitrogen and oxygen atoms in total. The number of carbonyl (C=O) groups excluding carboxylic acids is 1. The molecule has 0 spiro atoms. The Balaban J connectivity index is 2.05. The number of thiocarbonyl (C=S) groups is 1. The molecule has 7 heteroatoms. The van der Waals surface area contributed by atoms with E-state index in [0.29, 0.717) is 10.8 Å². The van der Waals surface area contributed by atoms with Crippen molar-refractivity contribution in [3.05, 3.63) is 40.6 Å². The van der Waals surface area contributed by atoms with Crippen LogP contribution in [0.3, 0.4) is 0 Å². The second-order valence-electron chi connectivity index (χ2n) is 6.10. The smallest absolute Gasteiger partial charge is 0.276 e. The van der Waals surface area contributed by atoms with Crippen molar-refractivity contribution in [2.75, 3.05) is 32.6 Å². The predicted molar refractivity (Wildman–Crippen MR) is 110 cm³/mol. The molecule has 1 amide bonds. The van der Waals surface area contributed by atoms with Gasteiger partial charge in [0.15, 0.2) is 5.11 Å². The average molecular weight is 390 g/mol. The molecule has 0 atom stereocenters. The topological polar surface area (TPSA) is 36.0 Å². The Morgan fingerprint density at radius 2 is 2.00 bits per heavy atom. The summed E-state index contributed by atoms with van der Waals surface area (Å²) in [5, 5.41) is 1.65. The van der Waals surface area contributed by atoms with E-state index < -0.39 is 0 Å². The van der Waals surface area contributed by atoms with E-state index in [-0.39, 0.29) is 5.91 Å². The van der Waals surface area contributed by atoms with Gasteiger partial charge in [0.05, 0.1) is 17.8 Å². The molecule has 0 radical (unpaired) electrons. The third-order valence-electron chi connectivity index (χ3n) is 4.65. The number of amides is 1. The maximum Gasteiger partial charge on any atom is 0.276 e. The summed E-state index contributed by atoms with van der Waals surface area (Å²) in [5.41, 5.74) is 2.80. The third kappa shape index (κ3) is 2.99. The van der Waals surface area contributed by atoms with Crippen molar-refractivity contribution < 1.29 is 9.53 Å². The van der Waals surface area contributed by atoms with Gasteiger partial charge in [0.25, 0.3) is 5.91 Å². The molecular formula is C19H23N3O2S2. The first-order valence-corrected chi connectivity index (χ1v) is 9.79. The predicted octanol–water partition coefficient (Wildman–Crippen LogP) is 3.82. The highest BCUT2D eigenvalue weighted by atomic mass is 32.2. The molecule has 0 N–H and O–H groups in total. The molecule has 0 unspecified atom stereocenters. The minimum absolute atomic E-state index is 0.0450. The normalized spacial score (nSPS) is 20.3. The van der Waals surface area contributed by atoms with Crippen molar-refractivity contribution in [3.63, 3.8) is 0 Å². The Labute approximate surface area is 164 Å². The van der Waals surface area contributed by atoms with Gasteiger partial charge in [-0.3, -0.25) is 9.69 Å². The zero-order valence-corrected chi connectivity index (χ0v) is 17.3. The van der Waals surface area contributed by atoms with Crippen LogP contribution in [0.2, 0.25) is 0 Å². The van der Waals surface area contributed by atoms with Crippen molar-refractivity contribution in [2.45, 2.75) is 25.2 Å². The fraction of sp³-hybridized carbons (Fsp3) is 0.368. The lowest BCUT2D eigenvalue weighted by Gasteiger charge is -2.20. The summed E-state index contributed by atoms with van der Waals surface area (Å²) in [4.78, 5) is 19.4. The average Bonchev–Trinajstić information content (AvgIpc) is 3.09. The number of carbonyl (C=O) groups is 1. The molecule has 0 aliphatic carbocycles. The van der Waals surface area contributed by atoms with Crippen LogP contribution in [0, 0.1) is 0 Å². The van der Waals surface area contributed by atoms with Gasteiger partial charge in [0.1, 0.15) is 11.4 Å². The number of methoxy groups -OCH3 is 1. The lowest BCUT2D eigenvalue weighted by molar-refractivity contribution is -0.121. The Morgan fingerprint density at radius 1 is 1.27 bits per heavy atom. The monoisotopic (exact) mass is 389 g/mol. The van der Waals surface area contributed by atoms with Gasteiger partial charge < -0.3 is 14.5 Å². The number of fused-ring (bicyclic) bond motifs is 1. The highest BCUT2D eigenvalue weighted by molar-refractivity contribution is 8.03. The van der Waals surface area contributed by atoms with Crippen LogP contribution in [-0.4, -0.2) is 48.6 Å². The highest BCUT2D eigenvalue weighted by Gasteiger charge is 2.35. The minimum atomic E-state index is -0.0450. The second kappa shape index (κ2) is 7.32. The number of benzene rings is 1. The number of thioether (sulfide) groups is 1. The second-order valence-corrected chi connectivity index (χ2v) is 7.52. The summed E-state index contributed by atoms with van der Waals surface area (Å²) < 4.78 is 5.37. The zero-order valence-electron chi connectivity index (χ0n) is 15.7. The van der Waals surface area contributed by atoms with Gasteiger partial charge in [-0.15, -0.1) is 0 Å². The molecule has 138 valence electrons. The molecule has 1 fully saturated rings. The zero-order chi connectivity index (χ0) is 19.0.